The van der Waals surface area contributed by atoms with Crippen LogP contribution in [0.3, 0.4) is 0 Å². The molecule has 1 atom stereocenters. The largest absolute Gasteiger partial charge is 0.326 e. The number of nitrogens with zero attached hydrogens (tertiary/aromatic N) is 1. The Labute approximate surface area is 176 Å². The van der Waals surface area contributed by atoms with Crippen LogP contribution in [0.15, 0.2) is 29.3 Å². The number of carbonyl (C=O) groups excluding carboxylic acids is 2. The normalized spacial score (nSPS) is 36.4. The summed E-state index contributed by atoms with van der Waals surface area (Å²) in [7, 11) is 0. The molecule has 1 aromatic carbocycles. The fourth-order valence-electron chi connectivity index (χ4n) is 6.33. The molecule has 0 spiro atoms. The van der Waals surface area contributed by atoms with Crippen molar-refractivity contribution in [1.82, 2.24) is 5.32 Å². The molecule has 2 amide bonds. The van der Waals surface area contributed by atoms with Gasteiger partial charge in [0.05, 0.1) is 5.54 Å². The monoisotopic (exact) mass is 411 g/mol. The highest BCUT2D eigenvalue weighted by atomic mass is 32.2. The first-order valence-electron chi connectivity index (χ1n) is 11.0. The van der Waals surface area contributed by atoms with Crippen LogP contribution in [0, 0.1) is 17.8 Å². The maximum absolute atomic E-state index is 12.6. The smallest absolute Gasteiger partial charge is 0.240 e. The Balaban J connectivity index is 1.24. The lowest BCUT2D eigenvalue weighted by Crippen LogP contribution is -2.50. The molecule has 1 aliphatic heterocycles. The highest BCUT2D eigenvalue weighted by Crippen LogP contribution is 2.57. The van der Waals surface area contributed by atoms with E-state index in [1.807, 2.05) is 24.3 Å². The average Bonchev–Trinajstić information content (AvgIpc) is 2.99. The van der Waals surface area contributed by atoms with E-state index >= 15 is 0 Å². The van der Waals surface area contributed by atoms with Crippen LogP contribution >= 0.6 is 11.8 Å². The van der Waals surface area contributed by atoms with Gasteiger partial charge in [-0.15, -0.1) is 0 Å². The SMILES string of the molecule is CCc1ccccc1NC(=O)CC1SC(=NC23CC4CC(CC(C4)C2)C3)NC1=O. The van der Waals surface area contributed by atoms with Gasteiger partial charge in [-0.1, -0.05) is 36.9 Å². The van der Waals surface area contributed by atoms with Crippen molar-refractivity contribution >= 4 is 34.4 Å². The second kappa shape index (κ2) is 7.46. The van der Waals surface area contributed by atoms with Crippen LogP contribution in [0.25, 0.3) is 0 Å². The Bertz CT molecular complexity index is 830. The molecular formula is C23H29N3O2S. The number of carbonyl (C=O) groups is 2. The molecule has 5 fully saturated rings. The van der Waals surface area contributed by atoms with Gasteiger partial charge in [-0.2, -0.15) is 0 Å². The lowest BCUT2D eigenvalue weighted by Gasteiger charge is -2.55. The minimum absolute atomic E-state index is 0.0432. The standard InChI is InChI=1S/C23H29N3O2S/c1-2-17-5-3-4-6-18(17)24-20(27)10-19-21(28)25-22(29-19)26-23-11-14-7-15(12-23)9-16(8-14)13-23/h3-6,14-16,19H,2,7-13H2,1H3,(H,24,27)(H,25,26,28). The van der Waals surface area contributed by atoms with E-state index in [2.05, 4.69) is 17.6 Å². The van der Waals surface area contributed by atoms with Gasteiger partial charge in [0.2, 0.25) is 11.8 Å². The van der Waals surface area contributed by atoms with Gasteiger partial charge >= 0.3 is 0 Å². The number of amidine groups is 1. The Morgan fingerprint density at radius 1 is 1.17 bits per heavy atom. The summed E-state index contributed by atoms with van der Waals surface area (Å²) in [4.78, 5) is 30.1. The molecule has 5 nitrogen and oxygen atoms in total. The van der Waals surface area contributed by atoms with Gasteiger partial charge < -0.3 is 10.6 Å². The molecule has 29 heavy (non-hydrogen) atoms. The van der Waals surface area contributed by atoms with Gasteiger partial charge in [0.15, 0.2) is 5.17 Å². The van der Waals surface area contributed by atoms with Gasteiger partial charge in [0.1, 0.15) is 5.25 Å². The lowest BCUT2D eigenvalue weighted by molar-refractivity contribution is -0.122. The molecule has 4 bridgehead atoms. The number of aryl methyl sites for hydroxylation is 1. The molecule has 0 radical (unpaired) electrons. The van der Waals surface area contributed by atoms with Crippen molar-refractivity contribution in [3.63, 3.8) is 0 Å². The third kappa shape index (κ3) is 3.83. The number of anilines is 1. The molecule has 1 heterocycles. The zero-order valence-electron chi connectivity index (χ0n) is 16.9. The fourth-order valence-corrected chi connectivity index (χ4v) is 7.41. The first-order valence-corrected chi connectivity index (χ1v) is 11.8. The summed E-state index contributed by atoms with van der Waals surface area (Å²) < 4.78 is 0. The number of rotatable bonds is 5. The first-order chi connectivity index (χ1) is 14.0. The molecule has 0 aromatic heterocycles. The Morgan fingerprint density at radius 2 is 1.83 bits per heavy atom. The predicted molar refractivity (Wildman–Crippen MR) is 117 cm³/mol. The minimum Gasteiger partial charge on any atom is -0.326 e. The highest BCUT2D eigenvalue weighted by Gasteiger charge is 2.51. The fraction of sp³-hybridized carbons (Fsp3) is 0.609. The quantitative estimate of drug-likeness (QED) is 0.765. The van der Waals surface area contributed by atoms with Crippen molar-refractivity contribution in [3.05, 3.63) is 29.8 Å². The summed E-state index contributed by atoms with van der Waals surface area (Å²) in [5, 5.41) is 6.29. The molecule has 6 heteroatoms. The highest BCUT2D eigenvalue weighted by molar-refractivity contribution is 8.15. The Hall–Kier alpha value is -1.82. The summed E-state index contributed by atoms with van der Waals surface area (Å²) in [6.07, 6.45) is 8.71. The molecule has 2 N–H and O–H groups in total. The van der Waals surface area contributed by atoms with E-state index in [9.17, 15) is 9.59 Å². The zero-order valence-corrected chi connectivity index (χ0v) is 17.8. The van der Waals surface area contributed by atoms with E-state index in [-0.39, 0.29) is 23.8 Å². The van der Waals surface area contributed by atoms with Crippen LogP contribution < -0.4 is 10.6 Å². The molecule has 6 rings (SSSR count). The van der Waals surface area contributed by atoms with Crippen molar-refractivity contribution in [2.75, 3.05) is 5.32 Å². The first kappa shape index (κ1) is 19.2. The second-order valence-corrected chi connectivity index (χ2v) is 10.6. The summed E-state index contributed by atoms with van der Waals surface area (Å²) >= 11 is 1.45. The van der Waals surface area contributed by atoms with Crippen molar-refractivity contribution in [1.29, 1.82) is 0 Å². The molecule has 4 saturated carbocycles. The summed E-state index contributed by atoms with van der Waals surface area (Å²) in [5.74, 6) is 2.28. The number of hydrogen-bond acceptors (Lipinski definition) is 4. The third-order valence-corrected chi connectivity index (χ3v) is 8.25. The van der Waals surface area contributed by atoms with Gasteiger partial charge in [-0.3, -0.25) is 14.6 Å². The molecular weight excluding hydrogens is 382 g/mol. The van der Waals surface area contributed by atoms with Crippen molar-refractivity contribution in [3.8, 4) is 0 Å². The number of nitrogens with one attached hydrogen (secondary N) is 2. The van der Waals surface area contributed by atoms with Gasteiger partial charge in [0, 0.05) is 12.1 Å². The van der Waals surface area contributed by atoms with Crippen LogP contribution in [0.5, 0.6) is 0 Å². The van der Waals surface area contributed by atoms with Crippen molar-refractivity contribution in [2.45, 2.75) is 69.1 Å². The van der Waals surface area contributed by atoms with E-state index in [0.29, 0.717) is 0 Å². The van der Waals surface area contributed by atoms with Crippen molar-refractivity contribution in [2.24, 2.45) is 22.7 Å². The van der Waals surface area contributed by atoms with Gasteiger partial charge in [-0.25, -0.2) is 0 Å². The molecule has 1 aromatic rings. The molecule has 154 valence electrons. The number of benzene rings is 1. The van der Waals surface area contributed by atoms with Crippen LogP contribution in [-0.2, 0) is 16.0 Å². The van der Waals surface area contributed by atoms with Crippen LogP contribution in [0.1, 0.15) is 57.4 Å². The lowest BCUT2D eigenvalue weighted by atomic mass is 9.53. The predicted octanol–water partition coefficient (Wildman–Crippen LogP) is 4.13. The molecule has 4 aliphatic carbocycles. The van der Waals surface area contributed by atoms with E-state index in [4.69, 9.17) is 4.99 Å². The Kier molecular flexibility index (Phi) is 4.93. The van der Waals surface area contributed by atoms with Crippen LogP contribution in [0.2, 0.25) is 0 Å². The Morgan fingerprint density at radius 3 is 2.48 bits per heavy atom. The maximum atomic E-state index is 12.6. The van der Waals surface area contributed by atoms with E-state index in [0.717, 1.165) is 40.6 Å². The van der Waals surface area contributed by atoms with Crippen LogP contribution in [-0.4, -0.2) is 27.8 Å². The zero-order chi connectivity index (χ0) is 20.0. The average molecular weight is 412 g/mol. The topological polar surface area (TPSA) is 70.6 Å². The van der Waals surface area contributed by atoms with E-state index in [1.165, 1.54) is 50.3 Å². The maximum Gasteiger partial charge on any atom is 0.240 e. The number of para-hydroxylation sites is 1. The van der Waals surface area contributed by atoms with E-state index in [1.54, 1.807) is 0 Å². The third-order valence-electron chi connectivity index (χ3n) is 7.16. The van der Waals surface area contributed by atoms with E-state index < -0.39 is 5.25 Å². The molecule has 1 unspecified atom stereocenters. The number of thioether (sulfide) groups is 1. The summed E-state index contributed by atoms with van der Waals surface area (Å²) in [6.45, 7) is 2.07. The van der Waals surface area contributed by atoms with Gasteiger partial charge in [0.25, 0.3) is 0 Å². The number of aliphatic imine (C=N–C) groups is 1. The van der Waals surface area contributed by atoms with Crippen LogP contribution in [0.4, 0.5) is 5.69 Å². The van der Waals surface area contributed by atoms with Gasteiger partial charge in [-0.05, 0) is 74.3 Å². The van der Waals surface area contributed by atoms with Crippen molar-refractivity contribution < 1.29 is 9.59 Å². The second-order valence-electron chi connectivity index (χ2n) is 9.42. The summed E-state index contributed by atoms with van der Waals surface area (Å²) in [5.41, 5.74) is 1.99. The minimum atomic E-state index is -0.392. The number of amides is 2. The summed E-state index contributed by atoms with van der Waals surface area (Å²) in [6, 6.07) is 7.82. The molecule has 1 saturated heterocycles. The number of hydrogen-bond donors (Lipinski definition) is 2. The molecule has 5 aliphatic rings.